The second-order valence-corrected chi connectivity index (χ2v) is 12.2. The van der Waals surface area contributed by atoms with Crippen molar-refractivity contribution < 1.29 is 57.9 Å². The van der Waals surface area contributed by atoms with E-state index in [4.69, 9.17) is 17.3 Å². The van der Waals surface area contributed by atoms with Gasteiger partial charge in [0, 0.05) is 16.5 Å². The van der Waals surface area contributed by atoms with Crippen molar-refractivity contribution in [3.05, 3.63) is 69.0 Å². The molecular formula is C30H28ClF3N4O9. The highest BCUT2D eigenvalue weighted by Gasteiger charge is 2.68. The topological polar surface area (TPSA) is 223 Å². The summed E-state index contributed by atoms with van der Waals surface area (Å²) in [6.45, 7) is 1.51. The van der Waals surface area contributed by atoms with Crippen LogP contribution in [-0.2, 0) is 20.6 Å². The Balaban J connectivity index is 1.60. The van der Waals surface area contributed by atoms with Gasteiger partial charge in [-0.2, -0.15) is 13.2 Å². The number of anilines is 2. The fraction of sp³-hybridized carbons (Fsp3) is 0.333. The number of nitrogens with zero attached hydrogens (tertiary/aromatic N) is 1. The summed E-state index contributed by atoms with van der Waals surface area (Å²) in [5.41, 5.74) is -2.16. The number of alkyl halides is 3. The molecule has 9 N–H and O–H groups in total. The zero-order valence-corrected chi connectivity index (χ0v) is 25.4. The largest absolute Gasteiger partial charge is 0.508 e. The molecule has 2 aromatic carbocycles. The zero-order chi connectivity index (χ0) is 35.1. The number of urea groups is 1. The Morgan fingerprint density at radius 1 is 1.04 bits per heavy atom. The summed E-state index contributed by atoms with van der Waals surface area (Å²) in [6.07, 6.45) is -6.69. The highest BCUT2D eigenvalue weighted by atomic mass is 35.5. The molecular weight excluding hydrogens is 653 g/mol. The number of amides is 3. The van der Waals surface area contributed by atoms with Gasteiger partial charge in [-0.3, -0.25) is 19.3 Å². The van der Waals surface area contributed by atoms with E-state index in [1.54, 1.807) is 0 Å². The Morgan fingerprint density at radius 2 is 1.64 bits per heavy atom. The van der Waals surface area contributed by atoms with E-state index in [-0.39, 0.29) is 10.6 Å². The zero-order valence-electron chi connectivity index (χ0n) is 24.7. The highest BCUT2D eigenvalue weighted by molar-refractivity contribution is 6.30. The average Bonchev–Trinajstić information content (AvgIpc) is 2.96. The number of carbonyl (C=O) groups excluding carboxylic acids is 4. The maximum absolute atomic E-state index is 14.1. The lowest BCUT2D eigenvalue weighted by Crippen LogP contribution is -2.70. The molecule has 13 nitrogen and oxygen atoms in total. The van der Waals surface area contributed by atoms with E-state index in [9.17, 15) is 57.9 Å². The van der Waals surface area contributed by atoms with Gasteiger partial charge in [0.25, 0.3) is 5.91 Å². The number of aromatic hydroxyl groups is 1. The van der Waals surface area contributed by atoms with Crippen molar-refractivity contribution in [2.24, 2.45) is 17.6 Å². The number of hydrogen-bond donors (Lipinski definition) is 8. The number of ketones is 2. The number of nitrogens with one attached hydrogen (secondary N) is 2. The number of rotatable bonds is 4. The number of phenolic OH excluding ortho intramolecular Hbond substituents is 1. The predicted octanol–water partition coefficient (Wildman–Crippen LogP) is 2.81. The molecule has 0 unspecified atom stereocenters. The first-order valence-corrected chi connectivity index (χ1v) is 14.3. The Labute approximate surface area is 268 Å². The molecule has 0 aliphatic heterocycles. The number of aliphatic hydroxyl groups is 4. The second kappa shape index (κ2) is 11.3. The Hall–Kier alpha value is -4.64. The van der Waals surface area contributed by atoms with Crippen LogP contribution in [0.2, 0.25) is 5.02 Å². The normalized spacial score (nSPS) is 27.3. The minimum absolute atomic E-state index is 0.148. The molecule has 3 aliphatic carbocycles. The van der Waals surface area contributed by atoms with Crippen LogP contribution in [0.15, 0.2) is 47.2 Å². The first-order chi connectivity index (χ1) is 21.7. The van der Waals surface area contributed by atoms with Crippen molar-refractivity contribution in [1.29, 1.82) is 0 Å². The van der Waals surface area contributed by atoms with E-state index < -0.39 is 116 Å². The number of likely N-dealkylation sites (N-methyl/N-ethyl adjacent to an activating group) is 1. The van der Waals surface area contributed by atoms with Gasteiger partial charge in [0.05, 0.1) is 40.6 Å². The predicted molar refractivity (Wildman–Crippen MR) is 159 cm³/mol. The molecule has 0 aromatic heterocycles. The highest BCUT2D eigenvalue weighted by Crippen LogP contribution is 2.56. The number of carbonyl (C=O) groups is 4. The standard InChI is InChI=1S/C30H28ClF3N4O9/c1-9-11-5-7-14(37-28(46)36-13-6-4-10(31)8-12(13)30(32,33)34)21(39)16(11)22(40)17-15(9)23(41)19-20(38(2)3)24(42)18(27(35)45)26(44)29(19,47)25(17)43/h4-9,15,19-20,23,39-41,44,47H,1-3H3,(H2,35,45)(H2,36,37,46)/t9-,15-,19-,20-,23+,29-/m1/s1. The molecule has 0 saturated heterocycles. The molecule has 1 saturated carbocycles. The molecule has 1 fully saturated rings. The molecule has 5 rings (SSSR count). The molecule has 47 heavy (non-hydrogen) atoms. The number of phenols is 1. The van der Waals surface area contributed by atoms with Gasteiger partial charge in [0.2, 0.25) is 5.78 Å². The summed E-state index contributed by atoms with van der Waals surface area (Å²) in [6, 6.07) is 2.36. The first-order valence-electron chi connectivity index (χ1n) is 13.9. The first kappa shape index (κ1) is 33.7. The number of halogens is 4. The monoisotopic (exact) mass is 680 g/mol. The maximum atomic E-state index is 14.1. The molecule has 3 amide bonds. The molecule has 6 atom stereocenters. The summed E-state index contributed by atoms with van der Waals surface area (Å²) in [4.78, 5) is 53.5. The van der Waals surface area contributed by atoms with E-state index in [0.29, 0.717) is 6.07 Å². The van der Waals surface area contributed by atoms with Crippen LogP contribution in [0.4, 0.5) is 29.3 Å². The van der Waals surface area contributed by atoms with Crippen LogP contribution in [0.5, 0.6) is 5.75 Å². The smallest absolute Gasteiger partial charge is 0.418 e. The number of hydrogen-bond acceptors (Lipinski definition) is 10. The van der Waals surface area contributed by atoms with Crippen molar-refractivity contribution in [3.8, 4) is 5.75 Å². The summed E-state index contributed by atoms with van der Waals surface area (Å²) in [5.74, 6) is -11.1. The average molecular weight is 681 g/mol. The van der Waals surface area contributed by atoms with Crippen LogP contribution < -0.4 is 16.4 Å². The molecule has 0 spiro atoms. The fourth-order valence-corrected chi connectivity index (χ4v) is 7.03. The van der Waals surface area contributed by atoms with Crippen molar-refractivity contribution in [2.75, 3.05) is 24.7 Å². The van der Waals surface area contributed by atoms with E-state index in [1.165, 1.54) is 38.1 Å². The van der Waals surface area contributed by atoms with E-state index in [2.05, 4.69) is 5.32 Å². The van der Waals surface area contributed by atoms with Crippen LogP contribution in [0.3, 0.4) is 0 Å². The molecule has 0 heterocycles. The van der Waals surface area contributed by atoms with E-state index >= 15 is 0 Å². The summed E-state index contributed by atoms with van der Waals surface area (Å²) in [7, 11) is 2.76. The van der Waals surface area contributed by atoms with Crippen LogP contribution in [0, 0.1) is 11.8 Å². The molecule has 0 radical (unpaired) electrons. The number of nitrogens with two attached hydrogens (primary N) is 1. The lowest BCUT2D eigenvalue weighted by atomic mass is 9.54. The van der Waals surface area contributed by atoms with Gasteiger partial charge < -0.3 is 41.9 Å². The van der Waals surface area contributed by atoms with Gasteiger partial charge in [-0.25, -0.2) is 4.79 Å². The Morgan fingerprint density at radius 3 is 2.21 bits per heavy atom. The Bertz CT molecular complexity index is 1830. The fourth-order valence-electron chi connectivity index (χ4n) is 6.85. The lowest BCUT2D eigenvalue weighted by molar-refractivity contribution is -0.169. The van der Waals surface area contributed by atoms with E-state index in [1.807, 2.05) is 5.32 Å². The van der Waals surface area contributed by atoms with Crippen molar-refractivity contribution >= 4 is 52.2 Å². The third kappa shape index (κ3) is 4.99. The minimum atomic E-state index is -4.88. The van der Waals surface area contributed by atoms with Crippen molar-refractivity contribution in [3.63, 3.8) is 0 Å². The quantitative estimate of drug-likeness (QED) is 0.174. The third-order valence-electron chi connectivity index (χ3n) is 8.91. The Kier molecular flexibility index (Phi) is 8.08. The van der Waals surface area contributed by atoms with Crippen LogP contribution in [0.1, 0.15) is 29.5 Å². The number of benzene rings is 2. The lowest BCUT2D eigenvalue weighted by Gasteiger charge is -2.53. The molecule has 250 valence electrons. The number of aliphatic hydroxyl groups excluding tert-OH is 3. The van der Waals surface area contributed by atoms with Gasteiger partial charge in [-0.1, -0.05) is 24.6 Å². The van der Waals surface area contributed by atoms with Gasteiger partial charge in [-0.15, -0.1) is 0 Å². The third-order valence-corrected chi connectivity index (χ3v) is 9.15. The molecule has 3 aliphatic rings. The van der Waals surface area contributed by atoms with Gasteiger partial charge in [0.1, 0.15) is 22.8 Å². The molecule has 0 bridgehead atoms. The van der Waals surface area contributed by atoms with Gasteiger partial charge in [-0.05, 0) is 49.8 Å². The SMILES string of the molecule is C[C@@H]1c2ccc(NC(=O)Nc3ccc(Cl)cc3C(F)(F)F)c(O)c2C(O)=C2C(=O)[C@@]3(O)C(O)=C(C(N)=O)C(=O)[C@H](N(C)C)[C@@H]3[C@@H](O)[C@@H]21. The summed E-state index contributed by atoms with van der Waals surface area (Å²) >= 11 is 5.67. The maximum Gasteiger partial charge on any atom is 0.418 e. The second-order valence-electron chi connectivity index (χ2n) is 11.7. The summed E-state index contributed by atoms with van der Waals surface area (Å²) < 4.78 is 40.5. The van der Waals surface area contributed by atoms with Gasteiger partial charge in [0.15, 0.2) is 11.4 Å². The molecule has 17 heteroatoms. The van der Waals surface area contributed by atoms with Gasteiger partial charge >= 0.3 is 12.2 Å². The summed E-state index contributed by atoms with van der Waals surface area (Å²) in [5, 5.41) is 60.9. The van der Waals surface area contributed by atoms with Crippen molar-refractivity contribution in [1.82, 2.24) is 4.90 Å². The minimum Gasteiger partial charge on any atom is -0.508 e. The van der Waals surface area contributed by atoms with Crippen LogP contribution in [0.25, 0.3) is 5.76 Å². The van der Waals surface area contributed by atoms with Crippen LogP contribution >= 0.6 is 11.6 Å². The van der Waals surface area contributed by atoms with E-state index in [0.717, 1.165) is 12.1 Å². The van der Waals surface area contributed by atoms with Crippen LogP contribution in [-0.4, -0.2) is 85.8 Å². The number of fused-ring (bicyclic) bond motifs is 3. The van der Waals surface area contributed by atoms with Crippen molar-refractivity contribution in [2.45, 2.75) is 36.8 Å². The molecule has 2 aromatic rings. The number of primary amides is 1. The number of Topliss-reactive ketones (excluding diaryl/α,β-unsaturated/α-hetero) is 2.